The molecule has 0 fully saturated rings. The summed E-state index contributed by atoms with van der Waals surface area (Å²) in [6.07, 6.45) is 10.3. The van der Waals surface area contributed by atoms with Gasteiger partial charge in [-0.15, -0.1) is 0 Å². The molecule has 3 aromatic carbocycles. The summed E-state index contributed by atoms with van der Waals surface area (Å²) < 4.78 is 46.3. The zero-order valence-corrected chi connectivity index (χ0v) is 34.2. The minimum Gasteiger partial charge on any atom is -0.494 e. The third kappa shape index (κ3) is 8.24. The first-order valence-corrected chi connectivity index (χ1v) is 21.2. The molecule has 0 spiro atoms. The second-order valence-electron chi connectivity index (χ2n) is 15.1. The molecule has 0 aliphatic carbocycles. The maximum absolute atomic E-state index is 13.8. The number of aromatic amines is 1. The lowest BCUT2D eigenvalue weighted by Gasteiger charge is -2.37. The van der Waals surface area contributed by atoms with Gasteiger partial charge in [0.25, 0.3) is 0 Å². The Labute approximate surface area is 334 Å². The number of hydrogen-bond acceptors (Lipinski definition) is 9. The minimum atomic E-state index is -0.677. The number of esters is 2. The summed E-state index contributed by atoms with van der Waals surface area (Å²) in [5, 5.41) is 2.74. The molecule has 0 saturated carbocycles. The van der Waals surface area contributed by atoms with E-state index >= 15 is 0 Å². The summed E-state index contributed by atoms with van der Waals surface area (Å²) in [5.41, 5.74) is 3.36. The van der Waals surface area contributed by atoms with Crippen molar-refractivity contribution in [2.75, 3.05) is 39.6 Å². The van der Waals surface area contributed by atoms with Crippen molar-refractivity contribution in [1.29, 1.82) is 0 Å². The molecule has 11 heteroatoms. The second-order valence-corrected chi connectivity index (χ2v) is 15.1. The Bertz CT molecular complexity index is 2230. The molecule has 2 aromatic heterocycles. The number of nitrogens with one attached hydrogen (secondary N) is 1. The van der Waals surface area contributed by atoms with Gasteiger partial charge in [0.2, 0.25) is 0 Å². The third-order valence-electron chi connectivity index (χ3n) is 10.9. The van der Waals surface area contributed by atoms with Crippen molar-refractivity contribution in [2.24, 2.45) is 0 Å². The van der Waals surface area contributed by atoms with E-state index in [1.54, 1.807) is 0 Å². The molecule has 1 N–H and O–H groups in total. The zero-order chi connectivity index (χ0) is 39.9. The highest BCUT2D eigenvalue weighted by atomic mass is 16.6. The highest BCUT2D eigenvalue weighted by molar-refractivity contribution is 6.37. The monoisotopic (exact) mass is 782 g/mol. The van der Waals surface area contributed by atoms with Crippen LogP contribution < -0.4 is 9.47 Å². The Hall–Kier alpha value is -4.58. The average molecular weight is 783 g/mol. The largest absolute Gasteiger partial charge is 0.494 e. The Morgan fingerprint density at radius 1 is 0.684 bits per heavy atom. The van der Waals surface area contributed by atoms with Gasteiger partial charge in [-0.25, -0.2) is 9.59 Å². The van der Waals surface area contributed by atoms with Crippen LogP contribution in [0, 0.1) is 0 Å². The van der Waals surface area contributed by atoms with E-state index < -0.39 is 30.3 Å². The van der Waals surface area contributed by atoms with Crippen molar-refractivity contribution in [3.63, 3.8) is 0 Å². The predicted molar refractivity (Wildman–Crippen MR) is 224 cm³/mol. The van der Waals surface area contributed by atoms with Gasteiger partial charge in [0.15, 0.2) is 12.0 Å². The van der Waals surface area contributed by atoms with E-state index in [-0.39, 0.29) is 11.1 Å². The minimum absolute atomic E-state index is 0.238. The highest BCUT2D eigenvalue weighted by Crippen LogP contribution is 2.47. The standard InChI is InChI=1S/C46H58N2O9/c1-6-11-20-51-28-36-44(55-24-15-10-5)35(54-23-14-9-4)27-37(56-36)48-34-26-30(53-22-13-8-3)17-19-32(34)39-41-40(45(49)57-46(41)50)38-31-18-16-29(52-21-12-7-2)25-33(31)47-42(38)43(39)48/h16-19,25-27,35-36,44,47H,6-15,20-24,28H2,1-5H3. The summed E-state index contributed by atoms with van der Waals surface area (Å²) in [5.74, 6) is 0.575. The molecule has 11 nitrogen and oxygen atoms in total. The van der Waals surface area contributed by atoms with Crippen LogP contribution in [0.15, 0.2) is 42.5 Å². The van der Waals surface area contributed by atoms with Crippen molar-refractivity contribution < 1.29 is 42.7 Å². The number of benzene rings is 3. The van der Waals surface area contributed by atoms with Crippen molar-refractivity contribution in [3.05, 3.63) is 53.6 Å². The molecule has 7 rings (SSSR count). The van der Waals surface area contributed by atoms with Crippen LogP contribution in [-0.4, -0.2) is 79.4 Å². The van der Waals surface area contributed by atoms with E-state index in [0.29, 0.717) is 78.8 Å². The van der Waals surface area contributed by atoms with Gasteiger partial charge in [0.1, 0.15) is 23.7 Å². The lowest BCUT2D eigenvalue weighted by Crippen LogP contribution is -2.47. The summed E-state index contributed by atoms with van der Waals surface area (Å²) in [4.78, 5) is 31.2. The van der Waals surface area contributed by atoms with Gasteiger partial charge in [-0.05, 0) is 56.4 Å². The zero-order valence-electron chi connectivity index (χ0n) is 34.2. The maximum atomic E-state index is 13.8. The predicted octanol–water partition coefficient (Wildman–Crippen LogP) is 10.5. The fourth-order valence-electron chi connectivity index (χ4n) is 7.78. The first-order chi connectivity index (χ1) is 27.9. The van der Waals surface area contributed by atoms with Crippen molar-refractivity contribution in [1.82, 2.24) is 9.55 Å². The van der Waals surface area contributed by atoms with E-state index in [2.05, 4.69) is 39.6 Å². The van der Waals surface area contributed by atoms with Gasteiger partial charge >= 0.3 is 11.9 Å². The smallest absolute Gasteiger partial charge is 0.347 e. The number of H-pyrrole nitrogens is 1. The molecular weight excluding hydrogens is 725 g/mol. The van der Waals surface area contributed by atoms with Crippen LogP contribution in [0.4, 0.5) is 0 Å². The number of fused-ring (bicyclic) bond motifs is 10. The summed E-state index contributed by atoms with van der Waals surface area (Å²) in [6, 6.07) is 11.7. The van der Waals surface area contributed by atoms with E-state index in [9.17, 15) is 9.59 Å². The van der Waals surface area contributed by atoms with Crippen LogP contribution in [0.1, 0.15) is 120 Å². The Morgan fingerprint density at radius 2 is 1.28 bits per heavy atom. The quantitative estimate of drug-likeness (QED) is 0.0416. The molecule has 0 bridgehead atoms. The van der Waals surface area contributed by atoms with Crippen LogP contribution in [-0.2, 0) is 23.7 Å². The highest BCUT2D eigenvalue weighted by Gasteiger charge is 2.41. The fraction of sp³-hybridized carbons (Fsp3) is 0.522. The normalized spacial score (nSPS) is 18.1. The van der Waals surface area contributed by atoms with Crippen molar-refractivity contribution >= 4 is 61.4 Å². The summed E-state index contributed by atoms with van der Waals surface area (Å²) >= 11 is 0. The average Bonchev–Trinajstić information content (AvgIpc) is 3.85. The van der Waals surface area contributed by atoms with Crippen LogP contribution >= 0.6 is 0 Å². The molecule has 0 amide bonds. The summed E-state index contributed by atoms with van der Waals surface area (Å²) in [7, 11) is 0. The van der Waals surface area contributed by atoms with Crippen LogP contribution in [0.3, 0.4) is 0 Å². The molecule has 4 heterocycles. The first kappa shape index (κ1) is 40.6. The molecular formula is C46H58N2O9. The van der Waals surface area contributed by atoms with E-state index in [0.717, 1.165) is 86.0 Å². The van der Waals surface area contributed by atoms with Crippen LogP contribution in [0.5, 0.6) is 11.5 Å². The number of carbonyl (C=O) groups excluding carboxylic acids is 2. The van der Waals surface area contributed by atoms with Crippen molar-refractivity contribution in [3.8, 4) is 11.5 Å². The Balaban J connectivity index is 1.50. The molecule has 0 radical (unpaired) electrons. The molecule has 3 unspecified atom stereocenters. The van der Waals surface area contributed by atoms with Crippen molar-refractivity contribution in [2.45, 2.75) is 117 Å². The molecule has 2 aliphatic heterocycles. The molecule has 5 aromatic rings. The van der Waals surface area contributed by atoms with Crippen LogP contribution in [0.2, 0.25) is 0 Å². The molecule has 2 aliphatic rings. The SMILES string of the molecule is CCCCOCC1OC(n2c3cc(OCCCC)ccc3c3c4c(c5c6ccc(OCCCC)cc6[nH]c5c32)C(=O)OC4=O)=CC(OCCCC)C1OCCCC. The number of nitrogens with zero attached hydrogens (tertiary/aromatic N) is 1. The summed E-state index contributed by atoms with van der Waals surface area (Å²) in [6.45, 7) is 13.9. The molecule has 57 heavy (non-hydrogen) atoms. The number of cyclic esters (lactones) is 2. The van der Waals surface area contributed by atoms with Gasteiger partial charge in [0, 0.05) is 59.6 Å². The first-order valence-electron chi connectivity index (χ1n) is 21.2. The van der Waals surface area contributed by atoms with Gasteiger partial charge in [-0.3, -0.25) is 4.57 Å². The third-order valence-corrected chi connectivity index (χ3v) is 10.9. The number of aromatic nitrogens is 2. The fourth-order valence-corrected chi connectivity index (χ4v) is 7.78. The number of hydrogen-bond donors (Lipinski definition) is 1. The Kier molecular flexibility index (Phi) is 13.4. The number of rotatable bonds is 22. The molecule has 0 saturated heterocycles. The molecule has 3 atom stereocenters. The number of unbranched alkanes of at least 4 members (excludes halogenated alkanes) is 5. The van der Waals surface area contributed by atoms with E-state index in [4.69, 9.17) is 33.2 Å². The van der Waals surface area contributed by atoms with Gasteiger partial charge in [0.05, 0.1) is 53.0 Å². The van der Waals surface area contributed by atoms with Crippen LogP contribution in [0.25, 0.3) is 49.5 Å². The maximum Gasteiger partial charge on any atom is 0.347 e. The number of carbonyl (C=O) groups is 2. The van der Waals surface area contributed by atoms with Gasteiger partial charge < -0.3 is 38.1 Å². The van der Waals surface area contributed by atoms with Gasteiger partial charge in [-0.1, -0.05) is 66.7 Å². The lowest BCUT2D eigenvalue weighted by molar-refractivity contribution is -0.135. The van der Waals surface area contributed by atoms with Gasteiger partial charge in [-0.2, -0.15) is 0 Å². The van der Waals surface area contributed by atoms with E-state index in [1.807, 2.05) is 47.0 Å². The second kappa shape index (κ2) is 18.8. The molecule has 306 valence electrons. The Morgan fingerprint density at radius 3 is 1.96 bits per heavy atom. The topological polar surface area (TPSA) is 119 Å². The van der Waals surface area contributed by atoms with E-state index in [1.165, 1.54) is 0 Å². The number of ether oxygens (including phenoxy) is 7. The lowest BCUT2D eigenvalue weighted by atomic mass is 9.96.